The predicted molar refractivity (Wildman–Crippen MR) is 81.0 cm³/mol. The molecule has 0 heterocycles. The van der Waals surface area contributed by atoms with E-state index in [1.165, 1.54) is 6.92 Å². The highest BCUT2D eigenvalue weighted by atomic mass is 19.1. The van der Waals surface area contributed by atoms with E-state index >= 15 is 0 Å². The number of ether oxygens (including phenoxy) is 1. The summed E-state index contributed by atoms with van der Waals surface area (Å²) in [5, 5.41) is 2.83. The lowest BCUT2D eigenvalue weighted by molar-refractivity contribution is 0.319. The van der Waals surface area contributed by atoms with Crippen molar-refractivity contribution in [2.75, 3.05) is 17.7 Å². The number of halogens is 2. The lowest BCUT2D eigenvalue weighted by Crippen LogP contribution is -2.01. The second-order valence-corrected chi connectivity index (χ2v) is 4.81. The molecule has 0 aliphatic carbocycles. The van der Waals surface area contributed by atoms with Gasteiger partial charge in [-0.25, -0.2) is 8.78 Å². The maximum atomic E-state index is 13.8. The smallest absolute Gasteiger partial charge is 0.147 e. The van der Waals surface area contributed by atoms with Crippen LogP contribution in [0.4, 0.5) is 25.8 Å². The van der Waals surface area contributed by atoms with Crippen molar-refractivity contribution in [1.82, 2.24) is 0 Å². The Labute approximate surface area is 122 Å². The van der Waals surface area contributed by atoms with Crippen LogP contribution in [0, 0.1) is 18.6 Å². The van der Waals surface area contributed by atoms with Gasteiger partial charge in [0.2, 0.25) is 0 Å². The van der Waals surface area contributed by atoms with Crippen molar-refractivity contribution in [2.24, 2.45) is 0 Å². The van der Waals surface area contributed by atoms with Crippen LogP contribution in [0.25, 0.3) is 0 Å². The van der Waals surface area contributed by atoms with Crippen LogP contribution in [0.2, 0.25) is 0 Å². The molecule has 0 saturated carbocycles. The number of nitrogen functional groups attached to an aromatic ring is 1. The van der Waals surface area contributed by atoms with E-state index in [1.807, 2.05) is 6.92 Å². The molecule has 2 aromatic rings. The van der Waals surface area contributed by atoms with Gasteiger partial charge < -0.3 is 15.8 Å². The zero-order valence-corrected chi connectivity index (χ0v) is 12.0. The standard InChI is InChI=1S/C16H18F2N2O/c1-3-6-21-16-8-11(4-5-14(16)19)20-15-9-12(17)10(2)7-13(15)18/h4-5,7-9,20H,3,6,19H2,1-2H3. The van der Waals surface area contributed by atoms with Gasteiger partial charge in [0.25, 0.3) is 0 Å². The van der Waals surface area contributed by atoms with Gasteiger partial charge in [-0.05, 0) is 37.1 Å². The maximum Gasteiger partial charge on any atom is 0.147 e. The van der Waals surface area contributed by atoms with Gasteiger partial charge >= 0.3 is 0 Å². The van der Waals surface area contributed by atoms with Crippen LogP contribution in [0.15, 0.2) is 30.3 Å². The zero-order valence-electron chi connectivity index (χ0n) is 12.0. The average molecular weight is 292 g/mol. The van der Waals surface area contributed by atoms with E-state index in [-0.39, 0.29) is 11.3 Å². The molecule has 0 amide bonds. The van der Waals surface area contributed by atoms with Gasteiger partial charge in [-0.3, -0.25) is 0 Å². The number of hydrogen-bond donors (Lipinski definition) is 2. The summed E-state index contributed by atoms with van der Waals surface area (Å²) < 4.78 is 32.8. The number of hydrogen-bond acceptors (Lipinski definition) is 3. The third-order valence-corrected chi connectivity index (χ3v) is 3.00. The fourth-order valence-corrected chi connectivity index (χ4v) is 1.85. The topological polar surface area (TPSA) is 47.3 Å². The molecule has 0 aliphatic rings. The molecule has 0 bridgehead atoms. The zero-order chi connectivity index (χ0) is 15.4. The van der Waals surface area contributed by atoms with Crippen LogP contribution >= 0.6 is 0 Å². The molecule has 0 aliphatic heterocycles. The second-order valence-electron chi connectivity index (χ2n) is 4.81. The normalized spacial score (nSPS) is 10.5. The van der Waals surface area contributed by atoms with E-state index in [2.05, 4.69) is 5.32 Å². The van der Waals surface area contributed by atoms with E-state index in [4.69, 9.17) is 10.5 Å². The number of anilines is 3. The van der Waals surface area contributed by atoms with Crippen molar-refractivity contribution in [3.8, 4) is 5.75 Å². The first-order chi connectivity index (χ1) is 10.0. The van der Waals surface area contributed by atoms with Gasteiger partial charge in [0.05, 0.1) is 18.0 Å². The molecule has 0 atom stereocenters. The molecule has 112 valence electrons. The van der Waals surface area contributed by atoms with Crippen LogP contribution in [0.1, 0.15) is 18.9 Å². The highest BCUT2D eigenvalue weighted by Crippen LogP contribution is 2.29. The first-order valence-electron chi connectivity index (χ1n) is 6.76. The Kier molecular flexibility index (Phi) is 4.62. The quantitative estimate of drug-likeness (QED) is 0.804. The Morgan fingerprint density at radius 1 is 1.14 bits per heavy atom. The number of nitrogens with two attached hydrogens (primary N) is 1. The lowest BCUT2D eigenvalue weighted by Gasteiger charge is -2.12. The largest absolute Gasteiger partial charge is 0.491 e. The molecule has 0 saturated heterocycles. The molecule has 0 spiro atoms. The number of rotatable bonds is 5. The minimum absolute atomic E-state index is 0.0734. The molecule has 0 fully saturated rings. The van der Waals surface area contributed by atoms with E-state index < -0.39 is 11.6 Å². The minimum atomic E-state index is -0.512. The summed E-state index contributed by atoms with van der Waals surface area (Å²) in [6.07, 6.45) is 0.856. The molecule has 0 radical (unpaired) electrons. The average Bonchev–Trinajstić information content (AvgIpc) is 2.45. The van der Waals surface area contributed by atoms with Crippen molar-refractivity contribution < 1.29 is 13.5 Å². The summed E-state index contributed by atoms with van der Waals surface area (Å²) in [5.74, 6) is -0.451. The summed E-state index contributed by atoms with van der Waals surface area (Å²) in [4.78, 5) is 0. The minimum Gasteiger partial charge on any atom is -0.491 e. The lowest BCUT2D eigenvalue weighted by atomic mass is 10.2. The molecule has 3 nitrogen and oxygen atoms in total. The van der Waals surface area contributed by atoms with E-state index in [0.29, 0.717) is 23.7 Å². The van der Waals surface area contributed by atoms with Crippen LogP contribution in [-0.4, -0.2) is 6.61 Å². The molecule has 5 heteroatoms. The van der Waals surface area contributed by atoms with Gasteiger partial charge in [-0.1, -0.05) is 6.92 Å². The van der Waals surface area contributed by atoms with Crippen molar-refractivity contribution in [3.63, 3.8) is 0 Å². The fraction of sp³-hybridized carbons (Fsp3) is 0.250. The van der Waals surface area contributed by atoms with Gasteiger partial charge in [0.1, 0.15) is 17.4 Å². The third-order valence-electron chi connectivity index (χ3n) is 3.00. The van der Waals surface area contributed by atoms with Crippen LogP contribution in [0.5, 0.6) is 5.75 Å². The Hall–Kier alpha value is -2.30. The monoisotopic (exact) mass is 292 g/mol. The molecular formula is C16H18F2N2O. The van der Waals surface area contributed by atoms with Gasteiger partial charge in [0.15, 0.2) is 0 Å². The Bertz CT molecular complexity index is 644. The summed E-state index contributed by atoms with van der Waals surface area (Å²) in [7, 11) is 0. The van der Waals surface area contributed by atoms with E-state index in [9.17, 15) is 8.78 Å². The third kappa shape index (κ3) is 3.62. The van der Waals surface area contributed by atoms with Gasteiger partial charge in [0, 0.05) is 17.8 Å². The predicted octanol–water partition coefficient (Wildman–Crippen LogP) is 4.39. The summed E-state index contributed by atoms with van der Waals surface area (Å²) >= 11 is 0. The van der Waals surface area contributed by atoms with Crippen LogP contribution in [0.3, 0.4) is 0 Å². The Morgan fingerprint density at radius 3 is 2.62 bits per heavy atom. The highest BCUT2D eigenvalue weighted by Gasteiger charge is 2.09. The first kappa shape index (κ1) is 15.1. The molecule has 0 unspecified atom stereocenters. The molecule has 3 N–H and O–H groups in total. The van der Waals surface area contributed by atoms with Crippen molar-refractivity contribution >= 4 is 17.1 Å². The SMILES string of the molecule is CCCOc1cc(Nc2cc(F)c(C)cc2F)ccc1N. The number of nitrogens with one attached hydrogen (secondary N) is 1. The highest BCUT2D eigenvalue weighted by molar-refractivity contribution is 5.67. The van der Waals surface area contributed by atoms with Gasteiger partial charge in [-0.15, -0.1) is 0 Å². The molecule has 21 heavy (non-hydrogen) atoms. The number of aryl methyl sites for hydroxylation is 1. The molecular weight excluding hydrogens is 274 g/mol. The number of benzene rings is 2. The molecule has 0 aromatic heterocycles. The van der Waals surface area contributed by atoms with Crippen molar-refractivity contribution in [3.05, 3.63) is 47.5 Å². The fourth-order valence-electron chi connectivity index (χ4n) is 1.85. The van der Waals surface area contributed by atoms with Crippen LogP contribution < -0.4 is 15.8 Å². The summed E-state index contributed by atoms with van der Waals surface area (Å²) in [6, 6.07) is 7.31. The second kappa shape index (κ2) is 6.43. The first-order valence-corrected chi connectivity index (χ1v) is 6.76. The Balaban J connectivity index is 2.25. The van der Waals surface area contributed by atoms with Crippen molar-refractivity contribution in [1.29, 1.82) is 0 Å². The Morgan fingerprint density at radius 2 is 1.90 bits per heavy atom. The maximum absolute atomic E-state index is 13.8. The summed E-state index contributed by atoms with van der Waals surface area (Å²) in [6.45, 7) is 4.05. The van der Waals surface area contributed by atoms with E-state index in [1.54, 1.807) is 18.2 Å². The van der Waals surface area contributed by atoms with Crippen LogP contribution in [-0.2, 0) is 0 Å². The molecule has 2 aromatic carbocycles. The molecule has 2 rings (SSSR count). The van der Waals surface area contributed by atoms with Gasteiger partial charge in [-0.2, -0.15) is 0 Å². The van der Waals surface area contributed by atoms with E-state index in [0.717, 1.165) is 18.6 Å². The summed E-state index contributed by atoms with van der Waals surface area (Å²) in [5.41, 5.74) is 7.24. The van der Waals surface area contributed by atoms with Crippen molar-refractivity contribution in [2.45, 2.75) is 20.3 Å².